The summed E-state index contributed by atoms with van der Waals surface area (Å²) in [7, 11) is 0. The van der Waals surface area contributed by atoms with E-state index in [1.165, 1.54) is 23.4 Å². The van der Waals surface area contributed by atoms with E-state index in [4.69, 9.17) is 0 Å². The molecule has 2 heterocycles. The number of imidazole rings is 1. The minimum Gasteiger partial charge on any atom is -0.382 e. The van der Waals surface area contributed by atoms with Crippen LogP contribution >= 0.6 is 0 Å². The van der Waals surface area contributed by atoms with Gasteiger partial charge in [-0.05, 0) is 37.5 Å². The molecule has 0 radical (unpaired) electrons. The molecule has 1 aromatic heterocycles. The number of rotatable bonds is 1. The van der Waals surface area contributed by atoms with E-state index in [-0.39, 0.29) is 0 Å². The summed E-state index contributed by atoms with van der Waals surface area (Å²) in [5.41, 5.74) is 3.91. The molecule has 3 rings (SSSR count). The molecular formula is C13H15N3. The second kappa shape index (κ2) is 3.67. The molecule has 1 aliphatic rings. The van der Waals surface area contributed by atoms with Gasteiger partial charge in [-0.1, -0.05) is 6.07 Å². The lowest BCUT2D eigenvalue weighted by molar-refractivity contribution is 0.678. The van der Waals surface area contributed by atoms with E-state index >= 15 is 0 Å². The Bertz CT molecular complexity index is 488. The first-order chi connectivity index (χ1) is 7.84. The highest BCUT2D eigenvalue weighted by Crippen LogP contribution is 2.29. The molecule has 1 atom stereocenters. The van der Waals surface area contributed by atoms with Crippen molar-refractivity contribution < 1.29 is 0 Å². The standard InChI is InChI=1S/C13H15N3/c1-10-5-6-11-12(15-10)3-2-4-13(11)16-8-7-14-9-16/h2-4,7-10,15H,5-6H2,1H3. The lowest BCUT2D eigenvalue weighted by atomic mass is 9.97. The maximum atomic E-state index is 4.10. The van der Waals surface area contributed by atoms with Gasteiger partial charge >= 0.3 is 0 Å². The second-order valence-electron chi connectivity index (χ2n) is 4.36. The van der Waals surface area contributed by atoms with Crippen LogP contribution in [0.5, 0.6) is 0 Å². The molecule has 0 amide bonds. The Hall–Kier alpha value is -1.77. The molecule has 0 fully saturated rings. The Morgan fingerprint density at radius 3 is 3.19 bits per heavy atom. The number of nitrogens with one attached hydrogen (secondary N) is 1. The minimum atomic E-state index is 0.575. The highest BCUT2D eigenvalue weighted by Gasteiger charge is 2.17. The molecule has 1 N–H and O–H groups in total. The summed E-state index contributed by atoms with van der Waals surface area (Å²) in [6.07, 6.45) is 8.00. The first-order valence-electron chi connectivity index (χ1n) is 5.71. The van der Waals surface area contributed by atoms with Crippen LogP contribution in [0.4, 0.5) is 5.69 Å². The molecule has 0 aliphatic carbocycles. The Kier molecular flexibility index (Phi) is 2.17. The predicted molar refractivity (Wildman–Crippen MR) is 65.0 cm³/mol. The molecule has 1 aliphatic heterocycles. The number of fused-ring (bicyclic) bond motifs is 1. The molecule has 0 bridgehead atoms. The fourth-order valence-corrected chi connectivity index (χ4v) is 2.31. The van der Waals surface area contributed by atoms with Crippen molar-refractivity contribution in [2.45, 2.75) is 25.8 Å². The zero-order valence-corrected chi connectivity index (χ0v) is 9.35. The highest BCUT2D eigenvalue weighted by molar-refractivity contribution is 5.62. The van der Waals surface area contributed by atoms with Crippen molar-refractivity contribution >= 4 is 5.69 Å². The van der Waals surface area contributed by atoms with Crippen LogP contribution in [-0.4, -0.2) is 15.6 Å². The van der Waals surface area contributed by atoms with E-state index in [0.717, 1.165) is 6.42 Å². The molecule has 82 valence electrons. The summed E-state index contributed by atoms with van der Waals surface area (Å²) in [6.45, 7) is 2.23. The molecule has 0 spiro atoms. The number of aromatic nitrogens is 2. The Morgan fingerprint density at radius 2 is 2.38 bits per heavy atom. The molecule has 1 aromatic carbocycles. The average Bonchev–Trinajstić information content (AvgIpc) is 2.81. The molecule has 0 saturated carbocycles. The van der Waals surface area contributed by atoms with E-state index in [2.05, 4.69) is 40.0 Å². The van der Waals surface area contributed by atoms with Crippen molar-refractivity contribution in [1.82, 2.24) is 9.55 Å². The maximum absolute atomic E-state index is 4.10. The van der Waals surface area contributed by atoms with Gasteiger partial charge in [-0.3, -0.25) is 0 Å². The first kappa shape index (κ1) is 9.46. The summed E-state index contributed by atoms with van der Waals surface area (Å²) in [4.78, 5) is 4.10. The maximum Gasteiger partial charge on any atom is 0.0991 e. The van der Waals surface area contributed by atoms with Gasteiger partial charge in [-0.15, -0.1) is 0 Å². The Balaban J connectivity index is 2.11. The second-order valence-corrected chi connectivity index (χ2v) is 4.36. The van der Waals surface area contributed by atoms with Crippen molar-refractivity contribution in [3.05, 3.63) is 42.5 Å². The van der Waals surface area contributed by atoms with E-state index in [1.54, 1.807) is 0 Å². The molecule has 1 unspecified atom stereocenters. The van der Waals surface area contributed by atoms with Crippen LogP contribution in [0, 0.1) is 0 Å². The van der Waals surface area contributed by atoms with Gasteiger partial charge in [0.15, 0.2) is 0 Å². The van der Waals surface area contributed by atoms with Gasteiger partial charge in [0.05, 0.1) is 12.0 Å². The van der Waals surface area contributed by atoms with Gasteiger partial charge in [0, 0.05) is 24.1 Å². The van der Waals surface area contributed by atoms with Gasteiger partial charge in [0.2, 0.25) is 0 Å². The van der Waals surface area contributed by atoms with E-state index in [0.29, 0.717) is 6.04 Å². The third-order valence-corrected chi connectivity index (χ3v) is 3.16. The number of nitrogens with zero attached hydrogens (tertiary/aromatic N) is 2. The van der Waals surface area contributed by atoms with E-state index < -0.39 is 0 Å². The number of hydrogen-bond acceptors (Lipinski definition) is 2. The zero-order valence-electron chi connectivity index (χ0n) is 9.35. The van der Waals surface area contributed by atoms with Gasteiger partial charge < -0.3 is 9.88 Å². The third kappa shape index (κ3) is 1.48. The largest absolute Gasteiger partial charge is 0.382 e. The van der Waals surface area contributed by atoms with E-state index in [9.17, 15) is 0 Å². The highest BCUT2D eigenvalue weighted by atomic mass is 15.0. The summed E-state index contributed by atoms with van der Waals surface area (Å²) in [5, 5.41) is 3.53. The number of anilines is 1. The van der Waals surface area contributed by atoms with Crippen molar-refractivity contribution in [1.29, 1.82) is 0 Å². The predicted octanol–water partition coefficient (Wildman–Crippen LogP) is 2.62. The molecule has 3 heteroatoms. The average molecular weight is 213 g/mol. The first-order valence-corrected chi connectivity index (χ1v) is 5.71. The Labute approximate surface area is 95.1 Å². The molecule has 0 saturated heterocycles. The molecule has 16 heavy (non-hydrogen) atoms. The zero-order chi connectivity index (χ0) is 11.0. The lowest BCUT2D eigenvalue weighted by Crippen LogP contribution is -2.22. The van der Waals surface area contributed by atoms with Crippen LogP contribution in [0.15, 0.2) is 36.9 Å². The van der Waals surface area contributed by atoms with Gasteiger partial charge in [-0.25, -0.2) is 4.98 Å². The van der Waals surface area contributed by atoms with Crippen LogP contribution in [-0.2, 0) is 6.42 Å². The third-order valence-electron chi connectivity index (χ3n) is 3.16. The summed E-state index contributed by atoms with van der Waals surface area (Å²) in [6, 6.07) is 6.98. The molecule has 3 nitrogen and oxygen atoms in total. The van der Waals surface area contributed by atoms with Crippen LogP contribution in [0.1, 0.15) is 18.9 Å². The van der Waals surface area contributed by atoms with Crippen LogP contribution < -0.4 is 5.32 Å². The van der Waals surface area contributed by atoms with Gasteiger partial charge in [0.25, 0.3) is 0 Å². The minimum absolute atomic E-state index is 0.575. The monoisotopic (exact) mass is 213 g/mol. The Morgan fingerprint density at radius 1 is 1.44 bits per heavy atom. The summed E-state index contributed by atoms with van der Waals surface area (Å²) >= 11 is 0. The quantitative estimate of drug-likeness (QED) is 0.789. The SMILES string of the molecule is CC1CCc2c(cccc2-n2ccnc2)N1. The molecular weight excluding hydrogens is 198 g/mol. The normalized spacial score (nSPS) is 18.9. The van der Waals surface area contributed by atoms with Crippen molar-refractivity contribution in [3.8, 4) is 5.69 Å². The van der Waals surface area contributed by atoms with Crippen molar-refractivity contribution in [2.24, 2.45) is 0 Å². The fraction of sp³-hybridized carbons (Fsp3) is 0.308. The van der Waals surface area contributed by atoms with Crippen LogP contribution in [0.2, 0.25) is 0 Å². The summed E-state index contributed by atoms with van der Waals surface area (Å²) in [5.74, 6) is 0. The van der Waals surface area contributed by atoms with Crippen LogP contribution in [0.25, 0.3) is 5.69 Å². The van der Waals surface area contributed by atoms with Crippen LogP contribution in [0.3, 0.4) is 0 Å². The lowest BCUT2D eigenvalue weighted by Gasteiger charge is -2.26. The van der Waals surface area contributed by atoms with Crippen molar-refractivity contribution in [3.63, 3.8) is 0 Å². The summed E-state index contributed by atoms with van der Waals surface area (Å²) < 4.78 is 2.08. The fourth-order valence-electron chi connectivity index (χ4n) is 2.31. The number of hydrogen-bond donors (Lipinski definition) is 1. The van der Waals surface area contributed by atoms with Crippen molar-refractivity contribution in [2.75, 3.05) is 5.32 Å². The van der Waals surface area contributed by atoms with Gasteiger partial charge in [0.1, 0.15) is 0 Å². The topological polar surface area (TPSA) is 29.9 Å². The number of benzene rings is 1. The molecule has 2 aromatic rings. The van der Waals surface area contributed by atoms with E-state index in [1.807, 2.05) is 18.7 Å². The van der Waals surface area contributed by atoms with Gasteiger partial charge in [-0.2, -0.15) is 0 Å². The smallest absolute Gasteiger partial charge is 0.0991 e.